The molecule has 1 rings (SSSR count). The van der Waals surface area contributed by atoms with Gasteiger partial charge in [-0.3, -0.25) is 5.84 Å². The largest absolute Gasteiger partial charge is 0.271 e. The zero-order chi connectivity index (χ0) is 11.4. The summed E-state index contributed by atoms with van der Waals surface area (Å²) in [6.07, 6.45) is 2.13. The van der Waals surface area contributed by atoms with Crippen LogP contribution < -0.4 is 11.3 Å². The highest BCUT2D eigenvalue weighted by Gasteiger charge is 2.06. The van der Waals surface area contributed by atoms with Crippen LogP contribution in [-0.2, 0) is 0 Å². The lowest BCUT2D eigenvalue weighted by Crippen LogP contribution is -2.26. The molecule has 0 aliphatic carbocycles. The van der Waals surface area contributed by atoms with Gasteiger partial charge in [0.15, 0.2) is 0 Å². The van der Waals surface area contributed by atoms with E-state index >= 15 is 0 Å². The van der Waals surface area contributed by atoms with Crippen LogP contribution in [0.1, 0.15) is 36.6 Å². The van der Waals surface area contributed by atoms with Crippen LogP contribution in [0.15, 0.2) is 29.8 Å². The van der Waals surface area contributed by atoms with Crippen molar-refractivity contribution in [1.29, 1.82) is 0 Å². The molecule has 82 valence electrons. The molecule has 1 aromatic carbocycles. The maximum Gasteiger partial charge on any atom is 0.0643 e. The van der Waals surface area contributed by atoms with Crippen LogP contribution >= 0.6 is 0 Å². The molecule has 0 amide bonds. The van der Waals surface area contributed by atoms with Crippen molar-refractivity contribution in [1.82, 2.24) is 5.43 Å². The Balaban J connectivity index is 3.07. The van der Waals surface area contributed by atoms with Gasteiger partial charge in [-0.1, -0.05) is 41.0 Å². The molecule has 2 nitrogen and oxygen atoms in total. The van der Waals surface area contributed by atoms with Crippen LogP contribution in [0.2, 0.25) is 0 Å². The third-order valence-corrected chi connectivity index (χ3v) is 2.28. The smallest absolute Gasteiger partial charge is 0.0643 e. The molecule has 0 spiro atoms. The predicted octanol–water partition coefficient (Wildman–Crippen LogP) is 2.77. The summed E-state index contributed by atoms with van der Waals surface area (Å²) < 4.78 is 0. The van der Waals surface area contributed by atoms with E-state index < -0.39 is 0 Å². The number of aryl methyl sites for hydroxylation is 2. The minimum atomic E-state index is 0.105. The normalized spacial score (nSPS) is 12.3. The SMILES string of the molecule is CC(C)=CC(NN)c1cc(C)cc(C)c1. The molecule has 0 aromatic heterocycles. The van der Waals surface area contributed by atoms with E-state index in [2.05, 4.69) is 57.4 Å². The summed E-state index contributed by atoms with van der Waals surface area (Å²) in [4.78, 5) is 0. The van der Waals surface area contributed by atoms with Crippen molar-refractivity contribution in [3.63, 3.8) is 0 Å². The number of benzene rings is 1. The van der Waals surface area contributed by atoms with Crippen molar-refractivity contribution in [3.05, 3.63) is 46.5 Å². The fourth-order valence-electron chi connectivity index (χ4n) is 1.76. The molecule has 1 unspecified atom stereocenters. The van der Waals surface area contributed by atoms with Gasteiger partial charge in [0, 0.05) is 0 Å². The van der Waals surface area contributed by atoms with Gasteiger partial charge in [0.05, 0.1) is 6.04 Å². The fourth-order valence-corrected chi connectivity index (χ4v) is 1.76. The average molecular weight is 204 g/mol. The number of nitrogens with one attached hydrogen (secondary N) is 1. The highest BCUT2D eigenvalue weighted by atomic mass is 15.2. The van der Waals surface area contributed by atoms with E-state index in [1.807, 2.05) is 0 Å². The number of allylic oxidation sites excluding steroid dienone is 1. The van der Waals surface area contributed by atoms with Crippen molar-refractivity contribution in [2.75, 3.05) is 0 Å². The van der Waals surface area contributed by atoms with Gasteiger partial charge >= 0.3 is 0 Å². The lowest BCUT2D eigenvalue weighted by Gasteiger charge is -2.14. The Morgan fingerprint density at radius 1 is 1.20 bits per heavy atom. The summed E-state index contributed by atoms with van der Waals surface area (Å²) in [5, 5.41) is 0. The maximum absolute atomic E-state index is 5.56. The van der Waals surface area contributed by atoms with Gasteiger partial charge in [-0.05, 0) is 33.3 Å². The van der Waals surface area contributed by atoms with Crippen molar-refractivity contribution in [2.24, 2.45) is 5.84 Å². The Bertz CT molecular complexity index is 343. The summed E-state index contributed by atoms with van der Waals surface area (Å²) in [5.74, 6) is 5.56. The third kappa shape index (κ3) is 3.50. The quantitative estimate of drug-likeness (QED) is 0.451. The Kier molecular flexibility index (Phi) is 4.06. The molecule has 0 radical (unpaired) electrons. The van der Waals surface area contributed by atoms with Gasteiger partial charge in [0.1, 0.15) is 0 Å². The Labute approximate surface area is 92.2 Å². The van der Waals surface area contributed by atoms with E-state index in [0.29, 0.717) is 0 Å². The van der Waals surface area contributed by atoms with Crippen LogP contribution in [0, 0.1) is 13.8 Å². The highest BCUT2D eigenvalue weighted by Crippen LogP contribution is 2.18. The molecule has 0 fully saturated rings. The van der Waals surface area contributed by atoms with Gasteiger partial charge < -0.3 is 0 Å². The molecule has 15 heavy (non-hydrogen) atoms. The molecule has 1 atom stereocenters. The van der Waals surface area contributed by atoms with E-state index in [9.17, 15) is 0 Å². The zero-order valence-corrected chi connectivity index (χ0v) is 9.96. The molecular weight excluding hydrogens is 184 g/mol. The molecule has 3 N–H and O–H groups in total. The van der Waals surface area contributed by atoms with E-state index in [0.717, 1.165) is 0 Å². The van der Waals surface area contributed by atoms with Crippen LogP contribution in [0.4, 0.5) is 0 Å². The first-order chi connectivity index (χ1) is 7.02. The van der Waals surface area contributed by atoms with Crippen LogP contribution in [0.25, 0.3) is 0 Å². The third-order valence-electron chi connectivity index (χ3n) is 2.28. The molecule has 2 heteroatoms. The van der Waals surface area contributed by atoms with E-state index in [1.165, 1.54) is 22.3 Å². The number of hydrazine groups is 1. The molecule has 0 saturated heterocycles. The summed E-state index contributed by atoms with van der Waals surface area (Å²) in [5.41, 5.74) is 7.85. The first kappa shape index (κ1) is 12.0. The number of hydrogen-bond donors (Lipinski definition) is 2. The highest BCUT2D eigenvalue weighted by molar-refractivity contribution is 5.33. The summed E-state index contributed by atoms with van der Waals surface area (Å²) in [7, 11) is 0. The van der Waals surface area contributed by atoms with Crippen molar-refractivity contribution >= 4 is 0 Å². The fraction of sp³-hybridized carbons (Fsp3) is 0.385. The standard InChI is InChI=1S/C13H20N2/c1-9(2)5-13(15-14)12-7-10(3)6-11(4)8-12/h5-8,13,15H,14H2,1-4H3. The molecule has 0 aliphatic heterocycles. The van der Waals surface area contributed by atoms with Gasteiger partial charge in [-0.2, -0.15) is 0 Å². The first-order valence-corrected chi connectivity index (χ1v) is 5.22. The summed E-state index contributed by atoms with van der Waals surface area (Å²) in [6, 6.07) is 6.60. The number of hydrogen-bond acceptors (Lipinski definition) is 2. The molecular formula is C13H20N2. The minimum Gasteiger partial charge on any atom is -0.271 e. The summed E-state index contributed by atoms with van der Waals surface area (Å²) in [6.45, 7) is 8.36. The Morgan fingerprint density at radius 3 is 2.13 bits per heavy atom. The van der Waals surface area contributed by atoms with Gasteiger partial charge in [-0.15, -0.1) is 0 Å². The lowest BCUT2D eigenvalue weighted by atomic mass is 10.0. The topological polar surface area (TPSA) is 38.0 Å². The van der Waals surface area contributed by atoms with Crippen molar-refractivity contribution < 1.29 is 0 Å². The van der Waals surface area contributed by atoms with E-state index in [1.54, 1.807) is 0 Å². The second-order valence-corrected chi connectivity index (χ2v) is 4.31. The molecule has 0 aliphatic rings. The number of rotatable bonds is 3. The molecule has 1 aromatic rings. The predicted molar refractivity (Wildman–Crippen MR) is 65.4 cm³/mol. The monoisotopic (exact) mass is 204 g/mol. The average Bonchev–Trinajstić information content (AvgIpc) is 2.12. The Morgan fingerprint density at radius 2 is 1.73 bits per heavy atom. The summed E-state index contributed by atoms with van der Waals surface area (Å²) >= 11 is 0. The van der Waals surface area contributed by atoms with Crippen molar-refractivity contribution in [2.45, 2.75) is 33.7 Å². The van der Waals surface area contributed by atoms with Gasteiger partial charge in [0.25, 0.3) is 0 Å². The zero-order valence-electron chi connectivity index (χ0n) is 9.96. The second kappa shape index (κ2) is 5.10. The second-order valence-electron chi connectivity index (χ2n) is 4.31. The van der Waals surface area contributed by atoms with Gasteiger partial charge in [-0.25, -0.2) is 5.43 Å². The van der Waals surface area contributed by atoms with Gasteiger partial charge in [0.2, 0.25) is 0 Å². The van der Waals surface area contributed by atoms with E-state index in [4.69, 9.17) is 5.84 Å². The van der Waals surface area contributed by atoms with Crippen molar-refractivity contribution in [3.8, 4) is 0 Å². The lowest BCUT2D eigenvalue weighted by molar-refractivity contribution is 0.651. The molecule has 0 bridgehead atoms. The van der Waals surface area contributed by atoms with Crippen LogP contribution in [0.3, 0.4) is 0 Å². The minimum absolute atomic E-state index is 0.105. The molecule has 0 saturated carbocycles. The van der Waals surface area contributed by atoms with Crippen LogP contribution in [0.5, 0.6) is 0 Å². The molecule has 0 heterocycles. The first-order valence-electron chi connectivity index (χ1n) is 5.22. The Hall–Kier alpha value is -1.12. The van der Waals surface area contributed by atoms with E-state index in [-0.39, 0.29) is 6.04 Å². The maximum atomic E-state index is 5.56. The van der Waals surface area contributed by atoms with Crippen LogP contribution in [-0.4, -0.2) is 0 Å². The number of nitrogens with two attached hydrogens (primary N) is 1.